The van der Waals surface area contributed by atoms with Gasteiger partial charge < -0.3 is 77.3 Å². The Morgan fingerprint density at radius 2 is 0.521 bits per heavy atom. The molecule has 16 rings (SSSR count). The number of nitrogens with zero attached hydrogens (tertiary/aromatic N) is 7. The number of benzene rings is 6. The van der Waals surface area contributed by atoms with Crippen molar-refractivity contribution in [3.05, 3.63) is 252 Å². The van der Waals surface area contributed by atoms with Crippen molar-refractivity contribution in [3.63, 3.8) is 0 Å². The fourth-order valence-corrected chi connectivity index (χ4v) is 16.9. The summed E-state index contributed by atoms with van der Waals surface area (Å²) in [6.07, 6.45) is 5.55. The monoisotopic (exact) mass is 1940 g/mol. The maximum absolute atomic E-state index is 12.3. The van der Waals surface area contributed by atoms with Gasteiger partial charge in [-0.1, -0.05) is 218 Å². The van der Waals surface area contributed by atoms with Crippen LogP contribution in [0.3, 0.4) is 0 Å². The minimum Gasteiger partial charge on any atom is -0.480 e. The van der Waals surface area contributed by atoms with Gasteiger partial charge in [-0.25, -0.2) is 67.1 Å². The van der Waals surface area contributed by atoms with E-state index in [1.165, 1.54) is 64.9 Å². The molecule has 0 radical (unpaired) electrons. The maximum atomic E-state index is 12.3. The van der Waals surface area contributed by atoms with Gasteiger partial charge in [0.05, 0.1) is 48.7 Å². The quantitative estimate of drug-likeness (QED) is 0.0313. The van der Waals surface area contributed by atoms with E-state index in [1.54, 1.807) is 32.9 Å². The number of hydrogen-bond acceptors (Lipinski definition) is 28. The Bertz CT molecular complexity index is 5110. The van der Waals surface area contributed by atoms with Crippen LogP contribution in [0.25, 0.3) is 0 Å². The Balaban J connectivity index is 0.000000168. The molecule has 3 spiro atoms. The molecule has 7 heterocycles. The molecule has 140 heavy (non-hydrogen) atoms. The molecule has 752 valence electrons. The van der Waals surface area contributed by atoms with Gasteiger partial charge in [-0.15, -0.1) is 0 Å². The van der Waals surface area contributed by atoms with E-state index in [9.17, 15) is 82.4 Å². The zero-order valence-corrected chi connectivity index (χ0v) is 80.1. The number of methoxy groups -OCH3 is 5. The van der Waals surface area contributed by atoms with Crippen molar-refractivity contribution in [2.75, 3.05) is 88.0 Å². The van der Waals surface area contributed by atoms with Gasteiger partial charge in [0, 0.05) is 65.0 Å². The number of β-amino-alcohol motifs (C(OH)–C–C–N with tert-alkyl or cyclic N) is 1. The Labute approximate surface area is 812 Å². The molecule has 0 aromatic heterocycles. The maximum Gasteiger partial charge on any atom is 0.411 e. The molecule has 7 amide bonds. The zero-order chi connectivity index (χ0) is 102. The van der Waals surface area contributed by atoms with Crippen molar-refractivity contribution in [3.8, 4) is 0 Å². The lowest BCUT2D eigenvalue weighted by molar-refractivity contribution is -0.146. The first-order chi connectivity index (χ1) is 66.8. The Hall–Kier alpha value is -14.4. The molecule has 6 aromatic rings. The number of carbonyl (C=O) groups is 14. The lowest BCUT2D eigenvalue weighted by Crippen LogP contribution is -2.43. The summed E-state index contributed by atoms with van der Waals surface area (Å²) < 4.78 is 60.3. The van der Waals surface area contributed by atoms with E-state index in [1.807, 2.05) is 170 Å². The number of aliphatic hydroxyl groups excluding tert-OH is 1. The topological polar surface area (TPSA) is 453 Å². The Kier molecular flexibility index (Phi) is 38.3. The highest BCUT2D eigenvalue weighted by Crippen LogP contribution is 2.57. The van der Waals surface area contributed by atoms with Crippen LogP contribution in [0.15, 0.2) is 218 Å². The first kappa shape index (κ1) is 108. The molecule has 7 aliphatic heterocycles. The van der Waals surface area contributed by atoms with Crippen molar-refractivity contribution in [2.45, 2.75) is 197 Å². The number of hydrogen-bond donors (Lipinski definition) is 4. The largest absolute Gasteiger partial charge is 0.480 e. The molecule has 0 bridgehead atoms. The third kappa shape index (κ3) is 31.1. The summed E-state index contributed by atoms with van der Waals surface area (Å²) in [7, 11) is 6.52. The highest BCUT2D eigenvalue weighted by Gasteiger charge is 2.59. The van der Waals surface area contributed by atoms with Crippen LogP contribution in [0.4, 0.5) is 33.6 Å². The molecule has 10 aliphatic rings. The first-order valence-corrected chi connectivity index (χ1v) is 45.8. The van der Waals surface area contributed by atoms with Crippen molar-refractivity contribution in [1.29, 1.82) is 0 Å². The summed E-state index contributed by atoms with van der Waals surface area (Å²) in [6.45, 7) is 19.5. The molecule has 1 unspecified atom stereocenters. The molecule has 37 heteroatoms. The number of carbonyl (C=O) groups excluding carboxylic acids is 12. The van der Waals surface area contributed by atoms with Gasteiger partial charge in [0.1, 0.15) is 93.1 Å². The third-order valence-corrected chi connectivity index (χ3v) is 25.1. The van der Waals surface area contributed by atoms with E-state index in [4.69, 9.17) is 57.2 Å². The number of amides is 7. The number of rotatable bonds is 20. The zero-order valence-electron chi connectivity index (χ0n) is 80.1. The van der Waals surface area contributed by atoms with Crippen LogP contribution in [0.5, 0.6) is 0 Å². The van der Waals surface area contributed by atoms with Gasteiger partial charge in [-0.2, -0.15) is 0 Å². The van der Waals surface area contributed by atoms with Gasteiger partial charge in [-0.05, 0) is 128 Å². The Morgan fingerprint density at radius 1 is 0.307 bits per heavy atom. The highest BCUT2D eigenvalue weighted by atomic mass is 16.6. The minimum atomic E-state index is -1.52. The van der Waals surface area contributed by atoms with Crippen molar-refractivity contribution in [1.82, 2.24) is 34.3 Å². The summed E-state index contributed by atoms with van der Waals surface area (Å²) in [5.41, 5.74) is 5.89. The molecule has 37 nitrogen and oxygen atoms in total. The van der Waals surface area contributed by atoms with Crippen LogP contribution in [0.1, 0.15) is 138 Å². The molecule has 3 saturated carbocycles. The van der Waals surface area contributed by atoms with Gasteiger partial charge in [0.25, 0.3) is 0 Å². The fraction of sp³-hybridized carbons (Fsp3) is 0.456. The van der Waals surface area contributed by atoms with Crippen LogP contribution < -0.4 is 0 Å². The van der Waals surface area contributed by atoms with Crippen LogP contribution in [-0.4, -0.2) is 281 Å². The number of ether oxygens (including phenoxy) is 12. The highest BCUT2D eigenvalue weighted by molar-refractivity contribution is 5.87. The molecular formula is C103H125N7O30. The van der Waals surface area contributed by atoms with Gasteiger partial charge in [0.15, 0.2) is 0 Å². The second kappa shape index (κ2) is 49.8. The number of likely N-dealkylation sites (tertiary alicyclic amines) is 7. The Morgan fingerprint density at radius 3 is 0.757 bits per heavy atom. The van der Waals surface area contributed by atoms with E-state index in [-0.39, 0.29) is 87.3 Å². The number of aliphatic carboxylic acids is 2. The molecule has 6 aromatic carbocycles. The van der Waals surface area contributed by atoms with Crippen molar-refractivity contribution >= 4 is 84.4 Å². The van der Waals surface area contributed by atoms with Gasteiger partial charge in [0.2, 0.25) is 0 Å². The smallest absolute Gasteiger partial charge is 0.411 e. The van der Waals surface area contributed by atoms with Crippen molar-refractivity contribution < 1.29 is 144 Å². The molecule has 8 atom stereocenters. The van der Waals surface area contributed by atoms with Crippen LogP contribution >= 0.6 is 0 Å². The molecule has 10 fully saturated rings. The summed E-state index contributed by atoms with van der Waals surface area (Å²) >= 11 is 0. The van der Waals surface area contributed by atoms with E-state index < -0.39 is 133 Å². The standard InChI is InChI=1S/2C16H19NO4.C15H19NO6.3C15H17NO4.C11H17NO4/c2*1-20-14(18)13-9-16(7-8-16)11-17(13)15(19)21-10-12-5-3-2-4-6-12;1-21-13(18)12-7-15(20,10-17)9-16(12)14(19)22-8-11-5-3-2-4-6-11;17-13(18)12-8-15(6-7-15)10-16(12)14(19)20-9-11-4-2-1-3-5-11;2*1-11-8-13(14(17)19-2)16(9-11)15(18)20-10-12-6-4-3-5-7-12;1-7-5-8(9(13)14)12(6-7)10(15)16-11(2,3)4/h2*2-6,13H,7-11H2,1H3;2-6,12,17,20H,7-10H2,1H3;1-5,12H,6-10H2,(H,17,18);2*3-7,13H,1,8-10H2,2H3;8H,1,5-6H2,2-4H3,(H,13,14)/t2*13-;12-,15?;12-;2*13-;8-/m0000000/s1. The number of esters is 5. The lowest BCUT2D eigenvalue weighted by Gasteiger charge is -2.26. The third-order valence-electron chi connectivity index (χ3n) is 25.1. The van der Waals surface area contributed by atoms with Crippen LogP contribution in [0.2, 0.25) is 0 Å². The number of aliphatic hydroxyl groups is 2. The van der Waals surface area contributed by atoms with E-state index >= 15 is 0 Å². The van der Waals surface area contributed by atoms with Gasteiger partial charge in [-0.3, -0.25) is 34.3 Å². The van der Waals surface area contributed by atoms with Gasteiger partial charge >= 0.3 is 84.4 Å². The van der Waals surface area contributed by atoms with E-state index in [2.05, 4.69) is 24.5 Å². The van der Waals surface area contributed by atoms with Crippen LogP contribution in [0, 0.1) is 16.2 Å². The minimum absolute atomic E-state index is 0.0504. The summed E-state index contributed by atoms with van der Waals surface area (Å²) in [5.74, 6) is -4.21. The molecular weight excluding hydrogens is 1820 g/mol. The lowest BCUT2D eigenvalue weighted by atomic mass is 10.0. The average molecular weight is 1940 g/mol. The second-order valence-corrected chi connectivity index (χ2v) is 37.1. The fourth-order valence-electron chi connectivity index (χ4n) is 16.9. The number of carboxylic acid groups (broad SMARTS) is 2. The molecule has 4 N–H and O–H groups in total. The summed E-state index contributed by atoms with van der Waals surface area (Å²) in [5, 5.41) is 37.5. The first-order valence-electron chi connectivity index (χ1n) is 45.8. The average Bonchev–Trinajstić information content (AvgIpc) is 1.60. The second-order valence-electron chi connectivity index (χ2n) is 37.1. The predicted molar refractivity (Wildman–Crippen MR) is 502 cm³/mol. The molecule has 7 saturated heterocycles. The normalized spacial score (nSPS) is 21.2. The number of carboxylic acids is 2. The van der Waals surface area contributed by atoms with E-state index in [0.717, 1.165) is 93.5 Å². The van der Waals surface area contributed by atoms with E-state index in [0.29, 0.717) is 71.2 Å². The summed E-state index contributed by atoms with van der Waals surface area (Å²) in [4.78, 5) is 175. The SMILES string of the molecule is C=C1C[C@@H](C(=O)O)N(C(=O)OC(C)(C)C)C1.C=C1C[C@@H](C(=O)OC)N(C(=O)OCc2ccccc2)C1.C=C1C[C@@H](C(=O)OC)N(C(=O)OCc2ccccc2)C1.COC(=O)[C@@H]1CC(O)(CO)CN1C(=O)OCc1ccccc1.COC(=O)[C@@H]1CC2(CC2)CN1C(=O)OCc1ccccc1.COC(=O)[C@@H]1CC2(CC2)CN1C(=O)OCc1ccccc1.O=C(O)[C@@H]1CC2(CC2)CN1C(=O)OCc1ccccc1. The van der Waals surface area contributed by atoms with Crippen molar-refractivity contribution in [2.24, 2.45) is 16.2 Å². The summed E-state index contributed by atoms with van der Waals surface area (Å²) in [6, 6.07) is 51.4. The molecule has 3 aliphatic carbocycles. The van der Waals surface area contributed by atoms with Crippen LogP contribution in [-0.2, 0) is 130 Å². The predicted octanol–water partition coefficient (Wildman–Crippen LogP) is 13.1.